The molecular weight excluding hydrogens is 360 g/mol. The molecule has 0 saturated heterocycles. The number of benzene rings is 1. The second-order valence-corrected chi connectivity index (χ2v) is 5.06. The molecule has 27 heavy (non-hydrogen) atoms. The van der Waals surface area contributed by atoms with E-state index in [1.165, 1.54) is 0 Å². The number of aliphatic hydroxyl groups is 3. The Morgan fingerprint density at radius 1 is 0.852 bits per heavy atom. The molecule has 0 aliphatic heterocycles. The average molecular weight is 386 g/mol. The van der Waals surface area contributed by atoms with Gasteiger partial charge in [-0.2, -0.15) is 0 Å². The first-order valence-electron chi connectivity index (χ1n) is 8.32. The van der Waals surface area contributed by atoms with Crippen LogP contribution >= 0.6 is 0 Å². The molecule has 0 amide bonds. The van der Waals surface area contributed by atoms with Gasteiger partial charge in [-0.25, -0.2) is 4.79 Å². The summed E-state index contributed by atoms with van der Waals surface area (Å²) in [5, 5.41) is 26.4. The van der Waals surface area contributed by atoms with Crippen molar-refractivity contribution in [1.29, 1.82) is 0 Å². The van der Waals surface area contributed by atoms with E-state index in [-0.39, 0.29) is 26.4 Å². The zero-order valence-electron chi connectivity index (χ0n) is 15.4. The summed E-state index contributed by atoms with van der Waals surface area (Å²) in [6.45, 7) is 1.44. The van der Waals surface area contributed by atoms with Crippen LogP contribution in [0.1, 0.15) is 24.2 Å². The van der Waals surface area contributed by atoms with Crippen molar-refractivity contribution in [2.75, 3.05) is 39.6 Å². The maximum Gasteiger partial charge on any atom is 0.338 e. The van der Waals surface area contributed by atoms with Gasteiger partial charge in [-0.1, -0.05) is 18.2 Å². The smallest absolute Gasteiger partial charge is 0.338 e. The standard InChI is InChI=1S/C9H16O6.C9H10O3/c1-3-14-7(12)9(5-10,6-11)8(13)15-4-2;10-6-7-12-9(11)8-4-2-1-3-5-8/h10-11H,3-6H2,1-2H3;1-5,10H,6-7H2. The van der Waals surface area contributed by atoms with E-state index in [2.05, 4.69) is 14.2 Å². The quantitative estimate of drug-likeness (QED) is 0.302. The van der Waals surface area contributed by atoms with Gasteiger partial charge in [0.25, 0.3) is 0 Å². The number of aliphatic hydroxyl groups excluding tert-OH is 3. The normalized spacial score (nSPS) is 10.3. The Balaban J connectivity index is 0.000000511. The molecule has 1 aromatic rings. The van der Waals surface area contributed by atoms with E-state index in [0.717, 1.165) is 0 Å². The molecule has 152 valence electrons. The highest BCUT2D eigenvalue weighted by molar-refractivity contribution is 6.00. The second kappa shape index (κ2) is 13.7. The number of hydrogen-bond donors (Lipinski definition) is 3. The Bertz CT molecular complexity index is 547. The maximum atomic E-state index is 11.4. The largest absolute Gasteiger partial charge is 0.465 e. The van der Waals surface area contributed by atoms with Crippen LogP contribution in [0.2, 0.25) is 0 Å². The van der Waals surface area contributed by atoms with E-state index < -0.39 is 36.5 Å². The molecule has 0 aliphatic carbocycles. The van der Waals surface area contributed by atoms with Gasteiger partial charge < -0.3 is 29.5 Å². The fourth-order valence-corrected chi connectivity index (χ4v) is 1.73. The number of carbonyl (C=O) groups excluding carboxylic acids is 3. The van der Waals surface area contributed by atoms with Crippen LogP contribution in [0, 0.1) is 5.41 Å². The van der Waals surface area contributed by atoms with Crippen molar-refractivity contribution in [1.82, 2.24) is 0 Å². The topological polar surface area (TPSA) is 140 Å². The van der Waals surface area contributed by atoms with Crippen LogP contribution in [0.3, 0.4) is 0 Å². The van der Waals surface area contributed by atoms with Gasteiger partial charge in [0.2, 0.25) is 5.41 Å². The third-order valence-electron chi connectivity index (χ3n) is 3.21. The summed E-state index contributed by atoms with van der Waals surface area (Å²) in [6, 6.07) is 8.67. The molecule has 0 aromatic heterocycles. The lowest BCUT2D eigenvalue weighted by Crippen LogP contribution is -2.48. The lowest BCUT2D eigenvalue weighted by molar-refractivity contribution is -0.178. The summed E-state index contributed by atoms with van der Waals surface area (Å²) in [5.41, 5.74) is -1.50. The Morgan fingerprint density at radius 2 is 1.33 bits per heavy atom. The molecule has 9 heteroatoms. The van der Waals surface area contributed by atoms with Crippen molar-refractivity contribution < 1.29 is 43.9 Å². The van der Waals surface area contributed by atoms with Crippen molar-refractivity contribution in [3.8, 4) is 0 Å². The molecule has 0 saturated carbocycles. The lowest BCUT2D eigenvalue weighted by Gasteiger charge is -2.24. The van der Waals surface area contributed by atoms with Gasteiger partial charge in [-0.15, -0.1) is 0 Å². The zero-order valence-corrected chi connectivity index (χ0v) is 15.4. The number of ether oxygens (including phenoxy) is 3. The van der Waals surface area contributed by atoms with Crippen molar-refractivity contribution in [3.63, 3.8) is 0 Å². The van der Waals surface area contributed by atoms with Crippen LogP contribution in [-0.2, 0) is 23.8 Å². The van der Waals surface area contributed by atoms with Crippen LogP contribution in [0.5, 0.6) is 0 Å². The van der Waals surface area contributed by atoms with E-state index in [0.29, 0.717) is 5.56 Å². The third-order valence-corrected chi connectivity index (χ3v) is 3.21. The van der Waals surface area contributed by atoms with Gasteiger partial charge in [0.15, 0.2) is 0 Å². The molecule has 0 aliphatic rings. The lowest BCUT2D eigenvalue weighted by atomic mass is 9.90. The molecule has 0 atom stereocenters. The van der Waals surface area contributed by atoms with Gasteiger partial charge in [0.05, 0.1) is 38.6 Å². The highest BCUT2D eigenvalue weighted by Crippen LogP contribution is 2.20. The van der Waals surface area contributed by atoms with E-state index in [4.69, 9.17) is 15.3 Å². The summed E-state index contributed by atoms with van der Waals surface area (Å²) in [7, 11) is 0. The number of esters is 3. The molecular formula is C18H26O9. The predicted octanol–water partition coefficient (Wildman–Crippen LogP) is -0.0807. The first-order valence-corrected chi connectivity index (χ1v) is 8.32. The van der Waals surface area contributed by atoms with Crippen molar-refractivity contribution in [3.05, 3.63) is 35.9 Å². The van der Waals surface area contributed by atoms with Crippen LogP contribution in [-0.4, -0.2) is 72.9 Å². The van der Waals surface area contributed by atoms with Crippen molar-refractivity contribution in [2.45, 2.75) is 13.8 Å². The average Bonchev–Trinajstić information content (AvgIpc) is 2.69. The molecule has 0 fully saturated rings. The number of rotatable bonds is 9. The van der Waals surface area contributed by atoms with Gasteiger partial charge in [0.1, 0.15) is 6.61 Å². The van der Waals surface area contributed by atoms with Crippen LogP contribution in [0.4, 0.5) is 0 Å². The van der Waals surface area contributed by atoms with E-state index in [1.54, 1.807) is 38.1 Å². The highest BCUT2D eigenvalue weighted by atomic mass is 16.6. The van der Waals surface area contributed by atoms with Crippen LogP contribution < -0.4 is 0 Å². The zero-order chi connectivity index (χ0) is 20.7. The van der Waals surface area contributed by atoms with Crippen LogP contribution in [0.15, 0.2) is 30.3 Å². The minimum Gasteiger partial charge on any atom is -0.465 e. The molecule has 0 radical (unpaired) electrons. The van der Waals surface area contributed by atoms with Crippen molar-refractivity contribution in [2.24, 2.45) is 5.41 Å². The van der Waals surface area contributed by atoms with Gasteiger partial charge in [-0.05, 0) is 26.0 Å². The minimum absolute atomic E-state index is 0.0493. The molecule has 0 unspecified atom stereocenters. The number of carbonyl (C=O) groups is 3. The monoisotopic (exact) mass is 386 g/mol. The van der Waals surface area contributed by atoms with Gasteiger partial charge in [0, 0.05) is 0 Å². The highest BCUT2D eigenvalue weighted by Gasteiger charge is 2.48. The number of hydrogen-bond acceptors (Lipinski definition) is 9. The Morgan fingerprint density at radius 3 is 1.70 bits per heavy atom. The summed E-state index contributed by atoms with van der Waals surface area (Å²) < 4.78 is 13.9. The summed E-state index contributed by atoms with van der Waals surface area (Å²) in [6.07, 6.45) is 0. The van der Waals surface area contributed by atoms with E-state index in [1.807, 2.05) is 6.07 Å². The maximum absolute atomic E-state index is 11.4. The third kappa shape index (κ3) is 7.73. The molecule has 3 N–H and O–H groups in total. The van der Waals surface area contributed by atoms with Crippen molar-refractivity contribution >= 4 is 17.9 Å². The Labute approximate surface area is 157 Å². The Kier molecular flexibility index (Phi) is 12.4. The molecule has 1 aromatic carbocycles. The van der Waals surface area contributed by atoms with E-state index >= 15 is 0 Å². The summed E-state index contributed by atoms with van der Waals surface area (Å²) in [4.78, 5) is 33.9. The molecule has 0 bridgehead atoms. The Hall–Kier alpha value is -2.49. The predicted molar refractivity (Wildman–Crippen MR) is 93.7 cm³/mol. The van der Waals surface area contributed by atoms with E-state index in [9.17, 15) is 14.4 Å². The minimum atomic E-state index is -2.01. The fraction of sp³-hybridized carbons (Fsp3) is 0.500. The molecule has 9 nitrogen and oxygen atoms in total. The van der Waals surface area contributed by atoms with Gasteiger partial charge in [-0.3, -0.25) is 9.59 Å². The molecule has 1 rings (SSSR count). The summed E-state index contributed by atoms with van der Waals surface area (Å²) in [5.74, 6) is -2.36. The van der Waals surface area contributed by atoms with Gasteiger partial charge >= 0.3 is 17.9 Å². The fourth-order valence-electron chi connectivity index (χ4n) is 1.73. The molecule has 0 spiro atoms. The summed E-state index contributed by atoms with van der Waals surface area (Å²) >= 11 is 0. The first kappa shape index (κ1) is 24.5. The van der Waals surface area contributed by atoms with Crippen LogP contribution in [0.25, 0.3) is 0 Å². The second-order valence-electron chi connectivity index (χ2n) is 5.06. The molecule has 0 heterocycles. The SMILES string of the molecule is CCOC(=O)C(CO)(CO)C(=O)OCC.O=C(OCCO)c1ccccc1. The first-order chi connectivity index (χ1) is 12.9.